The van der Waals surface area contributed by atoms with Crippen LogP contribution in [0.1, 0.15) is 20.8 Å². The molecule has 5 nitrogen and oxygen atoms in total. The van der Waals surface area contributed by atoms with Crippen molar-refractivity contribution in [3.8, 4) is 0 Å². The molecule has 0 aromatic rings. The molecule has 1 heterocycles. The number of carbonyl (C=O) groups is 2. The van der Waals surface area contributed by atoms with Gasteiger partial charge in [-0.2, -0.15) is 0 Å². The highest BCUT2D eigenvalue weighted by Gasteiger charge is 2.35. The Hall–Kier alpha value is -1.10. The van der Waals surface area contributed by atoms with E-state index in [1.807, 2.05) is 20.8 Å². The average molecular weight is 213 g/mol. The third-order valence-electron chi connectivity index (χ3n) is 2.48. The molecule has 1 fully saturated rings. The van der Waals surface area contributed by atoms with Crippen LogP contribution in [0.3, 0.4) is 0 Å². The second kappa shape index (κ2) is 4.61. The summed E-state index contributed by atoms with van der Waals surface area (Å²) in [4.78, 5) is 24.8. The zero-order valence-corrected chi connectivity index (χ0v) is 9.59. The van der Waals surface area contributed by atoms with Crippen LogP contribution in [-0.4, -0.2) is 48.4 Å². The van der Waals surface area contributed by atoms with Crippen LogP contribution < -0.4 is 10.6 Å². The van der Waals surface area contributed by atoms with E-state index in [2.05, 4.69) is 10.6 Å². The van der Waals surface area contributed by atoms with Crippen LogP contribution in [0.4, 0.5) is 0 Å². The molecule has 1 aliphatic rings. The average Bonchev–Trinajstić information content (AvgIpc) is 2.13. The maximum Gasteiger partial charge on any atom is 0.242 e. The molecule has 0 radical (unpaired) electrons. The number of piperazine rings is 1. The smallest absolute Gasteiger partial charge is 0.242 e. The van der Waals surface area contributed by atoms with Crippen molar-refractivity contribution < 1.29 is 9.59 Å². The SMILES string of the molecule is CCNC(=O)CN1CCNC(C)(C)C1=O. The summed E-state index contributed by atoms with van der Waals surface area (Å²) in [6, 6.07) is 0. The van der Waals surface area contributed by atoms with E-state index in [0.29, 0.717) is 13.1 Å². The lowest BCUT2D eigenvalue weighted by Gasteiger charge is -2.37. The minimum atomic E-state index is -0.551. The van der Waals surface area contributed by atoms with Gasteiger partial charge in [0.1, 0.15) is 0 Å². The molecule has 0 bridgehead atoms. The first-order valence-electron chi connectivity index (χ1n) is 5.28. The number of nitrogens with one attached hydrogen (secondary N) is 2. The van der Waals surface area contributed by atoms with Gasteiger partial charge in [-0.05, 0) is 20.8 Å². The molecule has 5 heteroatoms. The van der Waals surface area contributed by atoms with E-state index in [1.54, 1.807) is 4.90 Å². The van der Waals surface area contributed by atoms with Crippen molar-refractivity contribution in [2.75, 3.05) is 26.2 Å². The van der Waals surface area contributed by atoms with E-state index in [0.717, 1.165) is 6.54 Å². The van der Waals surface area contributed by atoms with Crippen LogP contribution >= 0.6 is 0 Å². The van der Waals surface area contributed by atoms with Crippen LogP contribution in [-0.2, 0) is 9.59 Å². The number of rotatable bonds is 3. The van der Waals surface area contributed by atoms with Crippen LogP contribution in [0, 0.1) is 0 Å². The van der Waals surface area contributed by atoms with Gasteiger partial charge in [-0.15, -0.1) is 0 Å². The molecule has 0 aliphatic carbocycles. The predicted octanol–water partition coefficient (Wildman–Crippen LogP) is -0.667. The van der Waals surface area contributed by atoms with Gasteiger partial charge in [-0.3, -0.25) is 9.59 Å². The summed E-state index contributed by atoms with van der Waals surface area (Å²) >= 11 is 0. The predicted molar refractivity (Wildman–Crippen MR) is 57.3 cm³/mol. The lowest BCUT2D eigenvalue weighted by Crippen LogP contribution is -2.62. The Morgan fingerprint density at radius 1 is 1.60 bits per heavy atom. The third kappa shape index (κ3) is 2.92. The molecule has 1 saturated heterocycles. The fraction of sp³-hybridized carbons (Fsp3) is 0.800. The molecular weight excluding hydrogens is 194 g/mol. The Balaban J connectivity index is 2.55. The van der Waals surface area contributed by atoms with Crippen LogP contribution in [0.15, 0.2) is 0 Å². The fourth-order valence-corrected chi connectivity index (χ4v) is 1.65. The van der Waals surface area contributed by atoms with E-state index in [-0.39, 0.29) is 18.4 Å². The van der Waals surface area contributed by atoms with E-state index < -0.39 is 5.54 Å². The van der Waals surface area contributed by atoms with Gasteiger partial charge < -0.3 is 15.5 Å². The van der Waals surface area contributed by atoms with Gasteiger partial charge in [0.05, 0.1) is 12.1 Å². The molecule has 2 amide bonds. The van der Waals surface area contributed by atoms with Gasteiger partial charge >= 0.3 is 0 Å². The molecule has 1 aliphatic heterocycles. The van der Waals surface area contributed by atoms with Gasteiger partial charge in [0.2, 0.25) is 11.8 Å². The summed E-state index contributed by atoms with van der Waals surface area (Å²) in [6.45, 7) is 7.62. The van der Waals surface area contributed by atoms with E-state index in [9.17, 15) is 9.59 Å². The standard InChI is InChI=1S/C10H19N3O2/c1-4-11-8(14)7-13-6-5-12-10(2,3)9(13)15/h12H,4-7H2,1-3H3,(H,11,14). The first kappa shape index (κ1) is 12.0. The molecule has 0 saturated carbocycles. The largest absolute Gasteiger partial charge is 0.355 e. The summed E-state index contributed by atoms with van der Waals surface area (Å²) in [5.41, 5.74) is -0.551. The molecule has 86 valence electrons. The van der Waals surface area contributed by atoms with Gasteiger partial charge in [0, 0.05) is 19.6 Å². The Morgan fingerprint density at radius 3 is 2.87 bits per heavy atom. The van der Waals surface area contributed by atoms with Crippen molar-refractivity contribution in [3.05, 3.63) is 0 Å². The van der Waals surface area contributed by atoms with E-state index in [4.69, 9.17) is 0 Å². The van der Waals surface area contributed by atoms with E-state index in [1.165, 1.54) is 0 Å². The topological polar surface area (TPSA) is 61.4 Å². The molecule has 0 aromatic heterocycles. The minimum absolute atomic E-state index is 0.0139. The molecule has 0 atom stereocenters. The van der Waals surface area contributed by atoms with Gasteiger partial charge in [0.25, 0.3) is 0 Å². The number of likely N-dealkylation sites (N-methyl/N-ethyl adjacent to an activating group) is 1. The summed E-state index contributed by atoms with van der Waals surface area (Å²) < 4.78 is 0. The van der Waals surface area contributed by atoms with Crippen molar-refractivity contribution in [2.45, 2.75) is 26.3 Å². The maximum absolute atomic E-state index is 11.9. The van der Waals surface area contributed by atoms with Gasteiger partial charge in [-0.1, -0.05) is 0 Å². The second-order valence-corrected chi connectivity index (χ2v) is 4.23. The zero-order valence-electron chi connectivity index (χ0n) is 9.59. The number of hydrogen-bond donors (Lipinski definition) is 2. The Morgan fingerprint density at radius 2 is 2.27 bits per heavy atom. The van der Waals surface area contributed by atoms with E-state index >= 15 is 0 Å². The number of nitrogens with zero attached hydrogens (tertiary/aromatic N) is 1. The van der Waals surface area contributed by atoms with Crippen molar-refractivity contribution in [1.82, 2.24) is 15.5 Å². The highest BCUT2D eigenvalue weighted by atomic mass is 16.2. The van der Waals surface area contributed by atoms with Crippen molar-refractivity contribution in [3.63, 3.8) is 0 Å². The zero-order chi connectivity index (χ0) is 11.5. The number of hydrogen-bond acceptors (Lipinski definition) is 3. The molecule has 0 spiro atoms. The lowest BCUT2D eigenvalue weighted by molar-refractivity contribution is -0.143. The first-order chi connectivity index (χ1) is 6.97. The summed E-state index contributed by atoms with van der Waals surface area (Å²) in [7, 11) is 0. The summed E-state index contributed by atoms with van der Waals surface area (Å²) in [5, 5.41) is 5.81. The molecule has 2 N–H and O–H groups in total. The molecule has 0 unspecified atom stereocenters. The van der Waals surface area contributed by atoms with Crippen molar-refractivity contribution in [2.24, 2.45) is 0 Å². The van der Waals surface area contributed by atoms with Crippen LogP contribution in [0.25, 0.3) is 0 Å². The normalized spacial score (nSPS) is 20.2. The lowest BCUT2D eigenvalue weighted by atomic mass is 10.0. The molecule has 15 heavy (non-hydrogen) atoms. The molecule has 1 rings (SSSR count). The van der Waals surface area contributed by atoms with Crippen molar-refractivity contribution in [1.29, 1.82) is 0 Å². The Kier molecular flexibility index (Phi) is 3.68. The van der Waals surface area contributed by atoms with Crippen LogP contribution in [0.2, 0.25) is 0 Å². The summed E-state index contributed by atoms with van der Waals surface area (Å²) in [5.74, 6) is -0.108. The third-order valence-corrected chi connectivity index (χ3v) is 2.48. The second-order valence-electron chi connectivity index (χ2n) is 4.23. The molecule has 0 aromatic carbocycles. The maximum atomic E-state index is 11.9. The number of carbonyl (C=O) groups excluding carboxylic acids is 2. The Labute approximate surface area is 90.2 Å². The minimum Gasteiger partial charge on any atom is -0.355 e. The van der Waals surface area contributed by atoms with Gasteiger partial charge in [0.15, 0.2) is 0 Å². The Bertz CT molecular complexity index is 263. The fourth-order valence-electron chi connectivity index (χ4n) is 1.65. The first-order valence-corrected chi connectivity index (χ1v) is 5.28. The quantitative estimate of drug-likeness (QED) is 0.654. The monoisotopic (exact) mass is 213 g/mol. The highest BCUT2D eigenvalue weighted by Crippen LogP contribution is 2.11. The number of amides is 2. The van der Waals surface area contributed by atoms with Crippen molar-refractivity contribution >= 4 is 11.8 Å². The van der Waals surface area contributed by atoms with Gasteiger partial charge in [-0.25, -0.2) is 0 Å². The highest BCUT2D eigenvalue weighted by molar-refractivity contribution is 5.90. The summed E-state index contributed by atoms with van der Waals surface area (Å²) in [6.07, 6.45) is 0. The van der Waals surface area contributed by atoms with Crippen LogP contribution in [0.5, 0.6) is 0 Å². The molecular formula is C10H19N3O2.